The number of phenols is 2. The zero-order valence-corrected chi connectivity index (χ0v) is 10.6. The number of nitrogens with two attached hydrogens (primary N) is 1. The van der Waals surface area contributed by atoms with Gasteiger partial charge in [-0.2, -0.15) is 0 Å². The lowest BCUT2D eigenvalue weighted by Gasteiger charge is -2.22. The van der Waals surface area contributed by atoms with Gasteiger partial charge in [-0.25, -0.2) is 0 Å². The third-order valence-electron chi connectivity index (χ3n) is 2.64. The van der Waals surface area contributed by atoms with Gasteiger partial charge in [0, 0.05) is 18.7 Å². The zero-order chi connectivity index (χ0) is 13.5. The minimum absolute atomic E-state index is 0.152. The van der Waals surface area contributed by atoms with Crippen molar-refractivity contribution < 1.29 is 15.0 Å². The van der Waals surface area contributed by atoms with Crippen molar-refractivity contribution in [1.29, 1.82) is 0 Å². The molecule has 5 heteroatoms. The Hall–Kier alpha value is -1.75. The van der Waals surface area contributed by atoms with Crippen LogP contribution in [0.4, 0.5) is 0 Å². The lowest BCUT2D eigenvalue weighted by Crippen LogP contribution is -2.33. The van der Waals surface area contributed by atoms with E-state index in [1.54, 1.807) is 4.90 Å². The molecule has 0 aliphatic carbocycles. The molecule has 0 saturated carbocycles. The van der Waals surface area contributed by atoms with Crippen LogP contribution in [0, 0.1) is 0 Å². The average molecular weight is 252 g/mol. The Kier molecular flexibility index (Phi) is 5.45. The molecule has 0 spiro atoms. The summed E-state index contributed by atoms with van der Waals surface area (Å²) in [4.78, 5) is 13.9. The molecule has 1 amide bonds. The van der Waals surface area contributed by atoms with Crippen LogP contribution in [0.1, 0.15) is 30.1 Å². The Morgan fingerprint density at radius 1 is 1.28 bits per heavy atom. The fourth-order valence-electron chi connectivity index (χ4n) is 1.71. The molecule has 1 aromatic carbocycles. The summed E-state index contributed by atoms with van der Waals surface area (Å²) in [6, 6.07) is 4.10. The maximum atomic E-state index is 12.2. The first-order chi connectivity index (χ1) is 8.60. The van der Waals surface area contributed by atoms with Gasteiger partial charge in [-0.15, -0.1) is 0 Å². The van der Waals surface area contributed by atoms with Crippen molar-refractivity contribution in [2.45, 2.75) is 19.8 Å². The van der Waals surface area contributed by atoms with E-state index in [1.165, 1.54) is 18.2 Å². The van der Waals surface area contributed by atoms with E-state index in [9.17, 15) is 15.0 Å². The van der Waals surface area contributed by atoms with Crippen LogP contribution >= 0.6 is 0 Å². The molecule has 1 aromatic rings. The summed E-state index contributed by atoms with van der Waals surface area (Å²) >= 11 is 0. The smallest absolute Gasteiger partial charge is 0.253 e. The second-order valence-electron chi connectivity index (χ2n) is 4.14. The standard InChI is InChI=1S/C13H20N2O3/c1-2-7-15(8-3-6-14)13(18)10-4-5-11(16)12(17)9-10/h4-5,9,16-17H,2-3,6-8,14H2,1H3. The molecule has 0 heterocycles. The molecule has 0 saturated heterocycles. The van der Waals surface area contributed by atoms with Crippen molar-refractivity contribution >= 4 is 5.91 Å². The lowest BCUT2D eigenvalue weighted by molar-refractivity contribution is 0.0754. The second kappa shape index (κ2) is 6.86. The number of amides is 1. The second-order valence-corrected chi connectivity index (χ2v) is 4.14. The van der Waals surface area contributed by atoms with Gasteiger partial charge in [0.25, 0.3) is 5.91 Å². The molecule has 0 aromatic heterocycles. The van der Waals surface area contributed by atoms with Crippen molar-refractivity contribution in [3.63, 3.8) is 0 Å². The number of rotatable bonds is 6. The number of nitrogens with zero attached hydrogens (tertiary/aromatic N) is 1. The minimum atomic E-state index is -0.281. The number of benzene rings is 1. The highest BCUT2D eigenvalue weighted by Gasteiger charge is 2.15. The van der Waals surface area contributed by atoms with E-state index in [-0.39, 0.29) is 17.4 Å². The molecular formula is C13H20N2O3. The summed E-state index contributed by atoms with van der Waals surface area (Å²) in [6.45, 7) is 3.79. The maximum absolute atomic E-state index is 12.2. The topological polar surface area (TPSA) is 86.8 Å². The monoisotopic (exact) mass is 252 g/mol. The summed E-state index contributed by atoms with van der Waals surface area (Å²) < 4.78 is 0. The molecule has 100 valence electrons. The molecule has 0 bridgehead atoms. The van der Waals surface area contributed by atoms with E-state index in [1.807, 2.05) is 6.92 Å². The number of carbonyl (C=O) groups excluding carboxylic acids is 1. The Balaban J connectivity index is 2.83. The van der Waals surface area contributed by atoms with E-state index in [0.29, 0.717) is 25.2 Å². The van der Waals surface area contributed by atoms with E-state index < -0.39 is 0 Å². The number of phenolic OH excluding ortho intramolecular Hbond substituents is 2. The summed E-state index contributed by atoms with van der Waals surface area (Å²) in [5.74, 6) is -0.660. The third kappa shape index (κ3) is 3.63. The van der Waals surface area contributed by atoms with Gasteiger partial charge in [0.15, 0.2) is 11.5 Å². The summed E-state index contributed by atoms with van der Waals surface area (Å²) in [7, 11) is 0. The molecule has 0 aliphatic rings. The molecule has 18 heavy (non-hydrogen) atoms. The van der Waals surface area contributed by atoms with Crippen LogP contribution in [0.5, 0.6) is 11.5 Å². The number of hydrogen-bond donors (Lipinski definition) is 3. The van der Waals surface area contributed by atoms with Gasteiger partial charge in [-0.1, -0.05) is 6.92 Å². The van der Waals surface area contributed by atoms with Gasteiger partial charge in [0.05, 0.1) is 0 Å². The first kappa shape index (κ1) is 14.3. The fourth-order valence-corrected chi connectivity index (χ4v) is 1.71. The largest absolute Gasteiger partial charge is 0.504 e. The molecule has 0 atom stereocenters. The van der Waals surface area contributed by atoms with E-state index in [2.05, 4.69) is 0 Å². The van der Waals surface area contributed by atoms with Crippen molar-refractivity contribution in [2.24, 2.45) is 5.73 Å². The molecule has 0 unspecified atom stereocenters. The van der Waals surface area contributed by atoms with Crippen molar-refractivity contribution in [3.05, 3.63) is 23.8 Å². The predicted octanol–water partition coefficient (Wildman–Crippen LogP) is 1.30. The summed E-state index contributed by atoms with van der Waals surface area (Å²) in [5.41, 5.74) is 5.82. The van der Waals surface area contributed by atoms with Crippen LogP contribution in [0.3, 0.4) is 0 Å². The normalized spacial score (nSPS) is 10.3. The van der Waals surface area contributed by atoms with E-state index >= 15 is 0 Å². The molecule has 4 N–H and O–H groups in total. The highest BCUT2D eigenvalue weighted by atomic mass is 16.3. The van der Waals surface area contributed by atoms with Crippen LogP contribution in [0.15, 0.2) is 18.2 Å². The number of hydrogen-bond acceptors (Lipinski definition) is 4. The van der Waals surface area contributed by atoms with E-state index in [0.717, 1.165) is 12.8 Å². The highest BCUT2D eigenvalue weighted by Crippen LogP contribution is 2.25. The van der Waals surface area contributed by atoms with Crippen molar-refractivity contribution in [1.82, 2.24) is 4.90 Å². The van der Waals surface area contributed by atoms with Gasteiger partial charge in [0.2, 0.25) is 0 Å². The summed E-state index contributed by atoms with van der Waals surface area (Å²) in [6.07, 6.45) is 1.61. The Bertz CT molecular complexity index is 407. The number of carbonyl (C=O) groups is 1. The SMILES string of the molecule is CCCN(CCCN)C(=O)c1ccc(O)c(O)c1. The highest BCUT2D eigenvalue weighted by molar-refractivity contribution is 5.94. The first-order valence-electron chi connectivity index (χ1n) is 6.11. The fraction of sp³-hybridized carbons (Fsp3) is 0.462. The van der Waals surface area contributed by atoms with Crippen molar-refractivity contribution in [3.8, 4) is 11.5 Å². The van der Waals surface area contributed by atoms with Gasteiger partial charge < -0.3 is 20.8 Å². The van der Waals surface area contributed by atoms with Gasteiger partial charge >= 0.3 is 0 Å². The Morgan fingerprint density at radius 3 is 2.56 bits per heavy atom. The molecule has 1 rings (SSSR count). The molecule has 0 fully saturated rings. The molecule has 5 nitrogen and oxygen atoms in total. The van der Waals surface area contributed by atoms with Crippen LogP contribution < -0.4 is 5.73 Å². The maximum Gasteiger partial charge on any atom is 0.253 e. The predicted molar refractivity (Wildman–Crippen MR) is 69.6 cm³/mol. The first-order valence-corrected chi connectivity index (χ1v) is 6.11. The zero-order valence-electron chi connectivity index (χ0n) is 10.6. The number of aromatic hydroxyl groups is 2. The van der Waals surface area contributed by atoms with Crippen LogP contribution in [-0.4, -0.2) is 40.7 Å². The van der Waals surface area contributed by atoms with Crippen LogP contribution in [0.25, 0.3) is 0 Å². The van der Waals surface area contributed by atoms with Crippen LogP contribution in [0.2, 0.25) is 0 Å². The average Bonchev–Trinajstić information content (AvgIpc) is 2.37. The molecular weight excluding hydrogens is 232 g/mol. The third-order valence-corrected chi connectivity index (χ3v) is 2.64. The van der Waals surface area contributed by atoms with E-state index in [4.69, 9.17) is 5.73 Å². The van der Waals surface area contributed by atoms with Gasteiger partial charge in [0.1, 0.15) is 0 Å². The minimum Gasteiger partial charge on any atom is -0.504 e. The molecule has 0 aliphatic heterocycles. The quantitative estimate of drug-likeness (QED) is 0.666. The van der Waals surface area contributed by atoms with Gasteiger partial charge in [-0.3, -0.25) is 4.79 Å². The Morgan fingerprint density at radius 2 is 2.00 bits per heavy atom. The van der Waals surface area contributed by atoms with Crippen LogP contribution in [-0.2, 0) is 0 Å². The van der Waals surface area contributed by atoms with Crippen molar-refractivity contribution in [2.75, 3.05) is 19.6 Å². The van der Waals surface area contributed by atoms with Gasteiger partial charge in [-0.05, 0) is 37.6 Å². The lowest BCUT2D eigenvalue weighted by atomic mass is 10.1. The molecule has 0 radical (unpaired) electrons. The Labute approximate surface area is 107 Å². The summed E-state index contributed by atoms with van der Waals surface area (Å²) in [5, 5.41) is 18.6.